The topological polar surface area (TPSA) is 32.3 Å². The lowest BCUT2D eigenvalue weighted by molar-refractivity contribution is -0.140. The highest BCUT2D eigenvalue weighted by molar-refractivity contribution is 5.81. The van der Waals surface area contributed by atoms with Crippen molar-refractivity contribution in [2.45, 2.75) is 53.5 Å². The van der Waals surface area contributed by atoms with Crippen LogP contribution in [-0.4, -0.2) is 36.5 Å². The van der Waals surface area contributed by atoms with Crippen molar-refractivity contribution in [2.75, 3.05) is 19.6 Å². The summed E-state index contributed by atoms with van der Waals surface area (Å²) in [5.74, 6) is 0.956. The summed E-state index contributed by atoms with van der Waals surface area (Å²) in [6, 6.07) is 0.484. The van der Waals surface area contributed by atoms with E-state index in [1.165, 1.54) is 6.42 Å². The number of nitrogens with one attached hydrogen (secondary N) is 1. The molecule has 0 aromatic carbocycles. The molecule has 0 radical (unpaired) electrons. The third kappa shape index (κ3) is 4.66. The molecule has 0 spiro atoms. The fraction of sp³-hybridized carbons (Fsp3) is 0.929. The van der Waals surface area contributed by atoms with Crippen LogP contribution < -0.4 is 5.32 Å². The summed E-state index contributed by atoms with van der Waals surface area (Å²) in [7, 11) is 0. The zero-order valence-electron chi connectivity index (χ0n) is 12.0. The second kappa shape index (κ2) is 5.85. The van der Waals surface area contributed by atoms with E-state index >= 15 is 0 Å². The quantitative estimate of drug-likeness (QED) is 0.821. The molecule has 1 N–H and O–H groups in total. The molecular weight excluding hydrogens is 212 g/mol. The Balaban J connectivity index is 2.46. The van der Waals surface area contributed by atoms with E-state index in [2.05, 4.69) is 19.2 Å². The van der Waals surface area contributed by atoms with Crippen molar-refractivity contribution >= 4 is 5.91 Å². The van der Waals surface area contributed by atoms with Crippen LogP contribution in [0.25, 0.3) is 0 Å². The number of carbonyl (C=O) groups excluding carboxylic acids is 1. The molecule has 100 valence electrons. The lowest BCUT2D eigenvalue weighted by Crippen LogP contribution is -2.51. The maximum absolute atomic E-state index is 12.2. The van der Waals surface area contributed by atoms with E-state index < -0.39 is 0 Å². The number of likely N-dealkylation sites (tertiary alicyclic amines) is 1. The second-order valence-electron chi connectivity index (χ2n) is 6.64. The van der Waals surface area contributed by atoms with E-state index in [0.717, 1.165) is 26.1 Å². The molecule has 1 heterocycles. The van der Waals surface area contributed by atoms with Crippen LogP contribution in [0.15, 0.2) is 0 Å². The van der Waals surface area contributed by atoms with Crippen molar-refractivity contribution in [3.8, 4) is 0 Å². The van der Waals surface area contributed by atoms with Crippen LogP contribution in [0.1, 0.15) is 47.5 Å². The van der Waals surface area contributed by atoms with Gasteiger partial charge in [-0.2, -0.15) is 0 Å². The predicted molar refractivity (Wildman–Crippen MR) is 71.9 cm³/mol. The zero-order chi connectivity index (χ0) is 13.1. The minimum absolute atomic E-state index is 0.250. The summed E-state index contributed by atoms with van der Waals surface area (Å²) >= 11 is 0. The number of piperidine rings is 1. The van der Waals surface area contributed by atoms with Gasteiger partial charge >= 0.3 is 0 Å². The van der Waals surface area contributed by atoms with Crippen molar-refractivity contribution < 1.29 is 4.79 Å². The molecule has 1 aliphatic rings. The number of rotatable bonds is 3. The first-order chi connectivity index (χ1) is 7.80. The SMILES string of the molecule is CC(C)CNC1CCCN(C(=O)C(C)(C)C)C1. The maximum atomic E-state index is 12.2. The summed E-state index contributed by atoms with van der Waals surface area (Å²) in [5, 5.41) is 3.56. The minimum atomic E-state index is -0.250. The van der Waals surface area contributed by atoms with Crippen LogP contribution in [0.3, 0.4) is 0 Å². The van der Waals surface area contributed by atoms with Crippen molar-refractivity contribution in [3.63, 3.8) is 0 Å². The molecule has 0 bridgehead atoms. The molecule has 0 aliphatic carbocycles. The summed E-state index contributed by atoms with van der Waals surface area (Å²) < 4.78 is 0. The zero-order valence-corrected chi connectivity index (χ0v) is 12.0. The Labute approximate surface area is 106 Å². The predicted octanol–water partition coefficient (Wildman–Crippen LogP) is 2.27. The van der Waals surface area contributed by atoms with Gasteiger partial charge in [-0.1, -0.05) is 34.6 Å². The van der Waals surface area contributed by atoms with Crippen molar-refractivity contribution in [3.05, 3.63) is 0 Å². The van der Waals surface area contributed by atoms with Crippen LogP contribution in [0, 0.1) is 11.3 Å². The van der Waals surface area contributed by atoms with Gasteiger partial charge in [0.1, 0.15) is 0 Å². The van der Waals surface area contributed by atoms with Gasteiger partial charge in [-0.25, -0.2) is 0 Å². The second-order valence-corrected chi connectivity index (χ2v) is 6.64. The van der Waals surface area contributed by atoms with E-state index in [9.17, 15) is 4.79 Å². The first-order valence-corrected chi connectivity index (χ1v) is 6.83. The molecule has 1 atom stereocenters. The lowest BCUT2D eigenvalue weighted by Gasteiger charge is -2.37. The van der Waals surface area contributed by atoms with Gasteiger partial charge in [-0.05, 0) is 25.3 Å². The Hall–Kier alpha value is -0.570. The highest BCUT2D eigenvalue weighted by Gasteiger charge is 2.30. The molecule has 3 nitrogen and oxygen atoms in total. The molecule has 1 aliphatic heterocycles. The molecule has 1 amide bonds. The fourth-order valence-electron chi connectivity index (χ4n) is 2.20. The Morgan fingerprint density at radius 2 is 2.06 bits per heavy atom. The van der Waals surface area contributed by atoms with Gasteiger partial charge < -0.3 is 10.2 Å². The smallest absolute Gasteiger partial charge is 0.227 e. The first kappa shape index (κ1) is 14.5. The summed E-state index contributed by atoms with van der Waals surface area (Å²) in [5.41, 5.74) is -0.250. The van der Waals surface area contributed by atoms with Crippen LogP contribution in [0.5, 0.6) is 0 Å². The summed E-state index contributed by atoms with van der Waals surface area (Å²) in [4.78, 5) is 14.2. The third-order valence-corrected chi connectivity index (χ3v) is 3.16. The highest BCUT2D eigenvalue weighted by Crippen LogP contribution is 2.20. The Morgan fingerprint density at radius 3 is 2.59 bits per heavy atom. The fourth-order valence-corrected chi connectivity index (χ4v) is 2.20. The van der Waals surface area contributed by atoms with Crippen molar-refractivity contribution in [1.29, 1.82) is 0 Å². The molecule has 0 aromatic rings. The number of hydrogen-bond donors (Lipinski definition) is 1. The molecule has 1 rings (SSSR count). The summed E-state index contributed by atoms with van der Waals surface area (Å²) in [6.45, 7) is 13.3. The molecule has 1 unspecified atom stereocenters. The molecular formula is C14H28N2O. The van der Waals surface area contributed by atoms with Crippen LogP contribution >= 0.6 is 0 Å². The average Bonchev–Trinajstić information content (AvgIpc) is 2.24. The number of carbonyl (C=O) groups is 1. The van der Waals surface area contributed by atoms with Crippen LogP contribution in [-0.2, 0) is 4.79 Å². The first-order valence-electron chi connectivity index (χ1n) is 6.83. The Morgan fingerprint density at radius 1 is 1.41 bits per heavy atom. The third-order valence-electron chi connectivity index (χ3n) is 3.16. The summed E-state index contributed by atoms with van der Waals surface area (Å²) in [6.07, 6.45) is 2.32. The molecule has 1 fully saturated rings. The number of hydrogen-bond acceptors (Lipinski definition) is 2. The molecule has 17 heavy (non-hydrogen) atoms. The molecule has 3 heteroatoms. The van der Waals surface area contributed by atoms with Crippen LogP contribution in [0.4, 0.5) is 0 Å². The number of amides is 1. The molecule has 0 aromatic heterocycles. The van der Waals surface area contributed by atoms with Gasteiger partial charge in [-0.15, -0.1) is 0 Å². The van der Waals surface area contributed by atoms with Gasteiger partial charge in [0.25, 0.3) is 0 Å². The minimum Gasteiger partial charge on any atom is -0.341 e. The normalized spacial score (nSPS) is 22.0. The number of nitrogens with zero attached hydrogens (tertiary/aromatic N) is 1. The van der Waals surface area contributed by atoms with E-state index in [4.69, 9.17) is 0 Å². The van der Waals surface area contributed by atoms with Gasteiger partial charge in [0.05, 0.1) is 0 Å². The van der Waals surface area contributed by atoms with E-state index in [0.29, 0.717) is 12.0 Å². The van der Waals surface area contributed by atoms with Gasteiger partial charge in [0, 0.05) is 24.5 Å². The van der Waals surface area contributed by atoms with Gasteiger partial charge in [-0.3, -0.25) is 4.79 Å². The van der Waals surface area contributed by atoms with Crippen molar-refractivity contribution in [1.82, 2.24) is 10.2 Å². The van der Waals surface area contributed by atoms with Gasteiger partial charge in [0.15, 0.2) is 0 Å². The molecule has 1 saturated heterocycles. The van der Waals surface area contributed by atoms with E-state index in [1.807, 2.05) is 25.7 Å². The highest BCUT2D eigenvalue weighted by atomic mass is 16.2. The Bertz CT molecular complexity index is 255. The standard InChI is InChI=1S/C14H28N2O/c1-11(2)9-15-12-7-6-8-16(10-12)13(17)14(3,4)5/h11-12,15H,6-10H2,1-5H3. The Kier molecular flexibility index (Phi) is 4.99. The van der Waals surface area contributed by atoms with Crippen molar-refractivity contribution in [2.24, 2.45) is 11.3 Å². The van der Waals surface area contributed by atoms with Crippen LogP contribution in [0.2, 0.25) is 0 Å². The monoisotopic (exact) mass is 240 g/mol. The van der Waals surface area contributed by atoms with E-state index in [-0.39, 0.29) is 11.3 Å². The lowest BCUT2D eigenvalue weighted by atomic mass is 9.93. The maximum Gasteiger partial charge on any atom is 0.227 e. The average molecular weight is 240 g/mol. The molecule has 0 saturated carbocycles. The van der Waals surface area contributed by atoms with Gasteiger partial charge in [0.2, 0.25) is 5.91 Å². The largest absolute Gasteiger partial charge is 0.341 e. The van der Waals surface area contributed by atoms with E-state index in [1.54, 1.807) is 0 Å².